The number of hydrogen-bond donors (Lipinski definition) is 3. The zero-order valence-electron chi connectivity index (χ0n) is 41.9. The summed E-state index contributed by atoms with van der Waals surface area (Å²) in [5.74, 6) is -0.531. The molecular formula is C58H101NO5. The normalized spacial score (nSPS) is 13.9. The predicted octanol–water partition coefficient (Wildman–Crippen LogP) is 16.3. The van der Waals surface area contributed by atoms with Gasteiger partial charge in [0.05, 0.1) is 25.2 Å². The SMILES string of the molecule is CCC/C=C/C=C/C=C/C=C/C=C/CCCCCC(CC(=O)NC(CO)C(O)CCCCCCCCCCCCCCCC)OC(=O)CCCCCCCC/C=C/C=C/CCCCC. The summed E-state index contributed by atoms with van der Waals surface area (Å²) in [5, 5.41) is 23.8. The lowest BCUT2D eigenvalue weighted by Gasteiger charge is -2.24. The van der Waals surface area contributed by atoms with Crippen LogP contribution in [0.15, 0.2) is 85.1 Å². The van der Waals surface area contributed by atoms with E-state index in [-0.39, 0.29) is 24.9 Å². The Balaban J connectivity index is 4.70. The Labute approximate surface area is 395 Å². The van der Waals surface area contributed by atoms with Crippen molar-refractivity contribution >= 4 is 11.9 Å². The minimum absolute atomic E-state index is 0.0410. The predicted molar refractivity (Wildman–Crippen MR) is 278 cm³/mol. The number of hydrogen-bond acceptors (Lipinski definition) is 5. The average molecular weight is 892 g/mol. The van der Waals surface area contributed by atoms with Crippen LogP contribution in [0.5, 0.6) is 0 Å². The van der Waals surface area contributed by atoms with Gasteiger partial charge >= 0.3 is 5.97 Å². The average Bonchev–Trinajstić information content (AvgIpc) is 3.29. The number of esters is 1. The van der Waals surface area contributed by atoms with E-state index in [1.54, 1.807) is 0 Å². The first-order valence-electron chi connectivity index (χ1n) is 26.9. The topological polar surface area (TPSA) is 95.9 Å². The van der Waals surface area contributed by atoms with Crippen molar-refractivity contribution < 1.29 is 24.5 Å². The van der Waals surface area contributed by atoms with Gasteiger partial charge in [-0.05, 0) is 70.6 Å². The maximum absolute atomic E-state index is 13.2. The van der Waals surface area contributed by atoms with Crippen LogP contribution in [0, 0.1) is 0 Å². The Morgan fingerprint density at radius 2 is 0.828 bits per heavy atom. The summed E-state index contributed by atoms with van der Waals surface area (Å²) in [6, 6.07) is -0.723. The summed E-state index contributed by atoms with van der Waals surface area (Å²) < 4.78 is 5.92. The zero-order chi connectivity index (χ0) is 46.7. The van der Waals surface area contributed by atoms with Crippen molar-refractivity contribution in [1.82, 2.24) is 5.32 Å². The number of aliphatic hydroxyl groups excluding tert-OH is 2. The minimum Gasteiger partial charge on any atom is -0.462 e. The second-order valence-electron chi connectivity index (χ2n) is 18.1. The number of rotatable bonds is 47. The summed E-state index contributed by atoms with van der Waals surface area (Å²) in [4.78, 5) is 26.2. The smallest absolute Gasteiger partial charge is 0.306 e. The zero-order valence-corrected chi connectivity index (χ0v) is 41.9. The third kappa shape index (κ3) is 45.6. The maximum Gasteiger partial charge on any atom is 0.306 e. The van der Waals surface area contributed by atoms with Crippen LogP contribution in [0.2, 0.25) is 0 Å². The second kappa shape index (κ2) is 51.0. The molecule has 0 aromatic rings. The summed E-state index contributed by atoms with van der Waals surface area (Å²) in [6.07, 6.45) is 66.3. The molecular weight excluding hydrogens is 791 g/mol. The number of ether oxygens (including phenoxy) is 1. The number of amides is 1. The molecule has 0 fully saturated rings. The highest BCUT2D eigenvalue weighted by Gasteiger charge is 2.24. The number of unbranched alkanes of at least 4 members (excludes halogenated alkanes) is 26. The summed E-state index contributed by atoms with van der Waals surface area (Å²) in [6.45, 7) is 6.36. The Kier molecular flexibility index (Phi) is 48.7. The highest BCUT2D eigenvalue weighted by Crippen LogP contribution is 2.17. The third-order valence-electron chi connectivity index (χ3n) is 11.8. The molecule has 0 saturated heterocycles. The van der Waals surface area contributed by atoms with Crippen molar-refractivity contribution in [2.75, 3.05) is 6.61 Å². The molecule has 368 valence electrons. The van der Waals surface area contributed by atoms with Crippen molar-refractivity contribution in [3.8, 4) is 0 Å². The highest BCUT2D eigenvalue weighted by molar-refractivity contribution is 5.77. The molecule has 0 aliphatic rings. The standard InChI is InChI=1S/C58H101NO5/c1-4-7-10-13-16-19-22-25-28-30-31-34-37-40-43-46-49-54(64-58(63)51-48-45-42-39-36-33-29-26-23-20-17-14-11-8-5-2)52-57(62)59-55(53-60)56(61)50-47-44-41-38-35-32-27-24-21-18-15-12-9-6-3/h10,13,16-17,19-20,22-23,25-26,28,30-31,34,54-56,60-61H,4-9,11-12,14-15,18,21,24,27,29,32-33,35-53H2,1-3H3,(H,59,62)/b13-10+,19-16+,20-17+,25-22+,26-23+,30-28+,34-31+. The summed E-state index contributed by atoms with van der Waals surface area (Å²) in [5.41, 5.74) is 0. The molecule has 0 heterocycles. The molecule has 0 spiro atoms. The molecule has 1 amide bonds. The van der Waals surface area contributed by atoms with E-state index in [0.717, 1.165) is 77.0 Å². The van der Waals surface area contributed by atoms with Crippen molar-refractivity contribution in [1.29, 1.82) is 0 Å². The first-order chi connectivity index (χ1) is 31.5. The van der Waals surface area contributed by atoms with Crippen LogP contribution in [-0.4, -0.2) is 46.9 Å². The second-order valence-corrected chi connectivity index (χ2v) is 18.1. The Bertz CT molecular complexity index is 1230. The molecule has 0 aromatic carbocycles. The van der Waals surface area contributed by atoms with E-state index in [2.05, 4.69) is 74.7 Å². The van der Waals surface area contributed by atoms with E-state index in [0.29, 0.717) is 19.3 Å². The highest BCUT2D eigenvalue weighted by atomic mass is 16.5. The Morgan fingerprint density at radius 1 is 0.453 bits per heavy atom. The molecule has 0 aliphatic heterocycles. The molecule has 3 unspecified atom stereocenters. The Morgan fingerprint density at radius 3 is 1.33 bits per heavy atom. The van der Waals surface area contributed by atoms with E-state index >= 15 is 0 Å². The minimum atomic E-state index is -0.806. The maximum atomic E-state index is 13.2. The van der Waals surface area contributed by atoms with Gasteiger partial charge in [-0.15, -0.1) is 0 Å². The van der Waals surface area contributed by atoms with Gasteiger partial charge in [0.25, 0.3) is 0 Å². The Hall–Kier alpha value is -2.96. The molecule has 64 heavy (non-hydrogen) atoms. The van der Waals surface area contributed by atoms with Crippen LogP contribution in [-0.2, 0) is 14.3 Å². The van der Waals surface area contributed by atoms with Gasteiger partial charge in [0.1, 0.15) is 6.10 Å². The number of aliphatic hydroxyl groups is 2. The van der Waals surface area contributed by atoms with E-state index in [1.807, 2.05) is 36.5 Å². The largest absolute Gasteiger partial charge is 0.462 e. The number of nitrogens with one attached hydrogen (secondary N) is 1. The molecule has 0 rings (SSSR count). The van der Waals surface area contributed by atoms with Crippen LogP contribution in [0.1, 0.15) is 245 Å². The van der Waals surface area contributed by atoms with Crippen LogP contribution >= 0.6 is 0 Å². The van der Waals surface area contributed by atoms with Crippen molar-refractivity contribution in [2.45, 2.75) is 264 Å². The molecule has 0 aromatic heterocycles. The summed E-state index contributed by atoms with van der Waals surface area (Å²) in [7, 11) is 0. The fourth-order valence-corrected chi connectivity index (χ4v) is 7.75. The van der Waals surface area contributed by atoms with Gasteiger partial charge in [-0.25, -0.2) is 0 Å². The van der Waals surface area contributed by atoms with Gasteiger partial charge in [-0.2, -0.15) is 0 Å². The molecule has 3 atom stereocenters. The molecule has 0 radical (unpaired) electrons. The number of carbonyl (C=O) groups excluding carboxylic acids is 2. The van der Waals surface area contributed by atoms with Gasteiger partial charge in [0.2, 0.25) is 5.91 Å². The van der Waals surface area contributed by atoms with E-state index in [9.17, 15) is 19.8 Å². The number of carbonyl (C=O) groups is 2. The van der Waals surface area contributed by atoms with Gasteiger partial charge in [-0.3, -0.25) is 9.59 Å². The van der Waals surface area contributed by atoms with Crippen LogP contribution in [0.25, 0.3) is 0 Å². The van der Waals surface area contributed by atoms with Crippen molar-refractivity contribution in [2.24, 2.45) is 0 Å². The van der Waals surface area contributed by atoms with Gasteiger partial charge < -0.3 is 20.3 Å². The molecule has 6 heteroatoms. The third-order valence-corrected chi connectivity index (χ3v) is 11.8. The van der Waals surface area contributed by atoms with Crippen molar-refractivity contribution in [3.05, 3.63) is 85.1 Å². The fourth-order valence-electron chi connectivity index (χ4n) is 7.75. The molecule has 0 aliphatic carbocycles. The first kappa shape index (κ1) is 61.0. The first-order valence-corrected chi connectivity index (χ1v) is 26.9. The van der Waals surface area contributed by atoms with Gasteiger partial charge in [0, 0.05) is 6.42 Å². The van der Waals surface area contributed by atoms with Crippen LogP contribution < -0.4 is 5.32 Å². The van der Waals surface area contributed by atoms with Crippen LogP contribution in [0.4, 0.5) is 0 Å². The van der Waals surface area contributed by atoms with E-state index in [1.165, 1.54) is 122 Å². The quantitative estimate of drug-likeness (QED) is 0.0321. The number of allylic oxidation sites excluding steroid dienone is 14. The molecule has 0 saturated carbocycles. The lowest BCUT2D eigenvalue weighted by Crippen LogP contribution is -2.46. The monoisotopic (exact) mass is 892 g/mol. The lowest BCUT2D eigenvalue weighted by atomic mass is 10.0. The molecule has 3 N–H and O–H groups in total. The molecule has 0 bridgehead atoms. The van der Waals surface area contributed by atoms with E-state index in [4.69, 9.17) is 4.74 Å². The lowest BCUT2D eigenvalue weighted by molar-refractivity contribution is -0.151. The van der Waals surface area contributed by atoms with Crippen LogP contribution in [0.3, 0.4) is 0 Å². The van der Waals surface area contributed by atoms with E-state index < -0.39 is 18.2 Å². The van der Waals surface area contributed by atoms with Gasteiger partial charge in [-0.1, -0.05) is 247 Å². The van der Waals surface area contributed by atoms with Crippen molar-refractivity contribution in [3.63, 3.8) is 0 Å². The fraction of sp³-hybridized carbons (Fsp3) is 0.724. The summed E-state index contributed by atoms with van der Waals surface area (Å²) >= 11 is 0. The molecule has 6 nitrogen and oxygen atoms in total. The van der Waals surface area contributed by atoms with Gasteiger partial charge in [0.15, 0.2) is 0 Å².